The van der Waals surface area contributed by atoms with Gasteiger partial charge >= 0.3 is 0 Å². The number of nitrogens with zero attached hydrogens (tertiary/aromatic N) is 1. The Morgan fingerprint density at radius 1 is 1.44 bits per heavy atom. The number of rotatable bonds is 6. The molecule has 3 nitrogen and oxygen atoms in total. The monoisotopic (exact) mass is 237 g/mol. The van der Waals surface area contributed by atoms with Gasteiger partial charge in [0.25, 0.3) is 6.43 Å². The molecule has 16 heavy (non-hydrogen) atoms. The second kappa shape index (κ2) is 7.14. The van der Waals surface area contributed by atoms with Gasteiger partial charge in [0.05, 0.1) is 19.3 Å². The van der Waals surface area contributed by atoms with Crippen molar-refractivity contribution in [1.82, 2.24) is 4.90 Å². The Kier molecular flexibility index (Phi) is 6.16. The maximum atomic E-state index is 12.4. The van der Waals surface area contributed by atoms with Gasteiger partial charge in [0.15, 0.2) is 0 Å². The minimum Gasteiger partial charge on any atom is -0.395 e. The molecule has 0 bridgehead atoms. The van der Waals surface area contributed by atoms with E-state index in [9.17, 15) is 8.78 Å². The second-order valence-corrected chi connectivity index (χ2v) is 4.29. The summed E-state index contributed by atoms with van der Waals surface area (Å²) in [4.78, 5) is 1.69. The highest BCUT2D eigenvalue weighted by atomic mass is 19.3. The van der Waals surface area contributed by atoms with Gasteiger partial charge in [-0.1, -0.05) is 0 Å². The van der Waals surface area contributed by atoms with E-state index in [-0.39, 0.29) is 25.3 Å². The Morgan fingerprint density at radius 2 is 2.19 bits per heavy atom. The lowest BCUT2D eigenvalue weighted by Gasteiger charge is -2.36. The standard InChI is InChI=1S/C11H21F2NO2/c1-16-10-4-2-3-9(7-10)14(5-6-15)8-11(12)13/h9-11,15H,2-8H2,1H3. The fourth-order valence-electron chi connectivity index (χ4n) is 2.39. The number of aliphatic hydroxyl groups is 1. The average Bonchev–Trinajstić information content (AvgIpc) is 2.28. The number of halogens is 2. The Labute approximate surface area is 95.4 Å². The van der Waals surface area contributed by atoms with E-state index in [4.69, 9.17) is 9.84 Å². The number of methoxy groups -OCH3 is 1. The Hall–Kier alpha value is -0.260. The van der Waals surface area contributed by atoms with Gasteiger partial charge in [-0.05, 0) is 25.7 Å². The van der Waals surface area contributed by atoms with Crippen molar-refractivity contribution < 1.29 is 18.6 Å². The molecule has 0 aliphatic heterocycles. The van der Waals surface area contributed by atoms with Crippen LogP contribution in [0.3, 0.4) is 0 Å². The number of hydrogen-bond donors (Lipinski definition) is 1. The smallest absolute Gasteiger partial charge is 0.251 e. The summed E-state index contributed by atoms with van der Waals surface area (Å²) in [6, 6.07) is 0.125. The Morgan fingerprint density at radius 3 is 2.75 bits per heavy atom. The van der Waals surface area contributed by atoms with Crippen molar-refractivity contribution in [3.8, 4) is 0 Å². The van der Waals surface area contributed by atoms with E-state index < -0.39 is 6.43 Å². The van der Waals surface area contributed by atoms with Crippen LogP contribution in [0.25, 0.3) is 0 Å². The summed E-state index contributed by atoms with van der Waals surface area (Å²) in [6.45, 7) is 0.00791. The van der Waals surface area contributed by atoms with Gasteiger partial charge in [0.2, 0.25) is 0 Å². The molecule has 1 saturated carbocycles. The molecule has 5 heteroatoms. The molecule has 96 valence electrons. The van der Waals surface area contributed by atoms with Crippen LogP contribution in [0, 0.1) is 0 Å². The molecule has 0 radical (unpaired) electrons. The fourth-order valence-corrected chi connectivity index (χ4v) is 2.39. The van der Waals surface area contributed by atoms with Crippen LogP contribution in [0.1, 0.15) is 25.7 Å². The summed E-state index contributed by atoms with van der Waals surface area (Å²) in [6.07, 6.45) is 1.57. The highest BCUT2D eigenvalue weighted by molar-refractivity contribution is 4.81. The minimum absolute atomic E-state index is 0.0686. The van der Waals surface area contributed by atoms with Crippen LogP contribution in [-0.2, 0) is 4.74 Å². The molecule has 1 N–H and O–H groups in total. The first-order valence-electron chi connectivity index (χ1n) is 5.83. The molecule has 0 saturated heterocycles. The van der Waals surface area contributed by atoms with Crippen LogP contribution in [-0.4, -0.2) is 55.4 Å². The number of hydrogen-bond acceptors (Lipinski definition) is 3. The first kappa shape index (κ1) is 13.8. The zero-order valence-electron chi connectivity index (χ0n) is 9.74. The summed E-state index contributed by atoms with van der Waals surface area (Å²) in [5, 5.41) is 8.89. The minimum atomic E-state index is -2.34. The topological polar surface area (TPSA) is 32.7 Å². The predicted molar refractivity (Wildman–Crippen MR) is 57.7 cm³/mol. The van der Waals surface area contributed by atoms with E-state index in [0.29, 0.717) is 6.54 Å². The first-order valence-corrected chi connectivity index (χ1v) is 5.83. The van der Waals surface area contributed by atoms with Crippen molar-refractivity contribution in [2.24, 2.45) is 0 Å². The van der Waals surface area contributed by atoms with Crippen molar-refractivity contribution >= 4 is 0 Å². The van der Waals surface area contributed by atoms with Crippen molar-refractivity contribution in [3.63, 3.8) is 0 Å². The molecule has 2 atom stereocenters. The van der Waals surface area contributed by atoms with Gasteiger partial charge < -0.3 is 9.84 Å². The van der Waals surface area contributed by atoms with Crippen molar-refractivity contribution in [2.45, 2.75) is 44.3 Å². The zero-order valence-corrected chi connectivity index (χ0v) is 9.74. The summed E-state index contributed by atoms with van der Waals surface area (Å²) in [5.41, 5.74) is 0. The van der Waals surface area contributed by atoms with E-state index in [2.05, 4.69) is 0 Å². The molecule has 0 spiro atoms. The largest absolute Gasteiger partial charge is 0.395 e. The molecule has 1 rings (SSSR count). The lowest BCUT2D eigenvalue weighted by atomic mass is 9.91. The molecule has 0 amide bonds. The third kappa shape index (κ3) is 4.31. The van der Waals surface area contributed by atoms with E-state index >= 15 is 0 Å². The van der Waals surface area contributed by atoms with Gasteiger partial charge in [-0.3, -0.25) is 4.90 Å². The quantitative estimate of drug-likeness (QED) is 0.760. The number of alkyl halides is 2. The molecule has 0 heterocycles. The Bertz CT molecular complexity index is 193. The van der Waals surface area contributed by atoms with Gasteiger partial charge in [-0.15, -0.1) is 0 Å². The molecular weight excluding hydrogens is 216 g/mol. The van der Waals surface area contributed by atoms with Crippen LogP contribution in [0.15, 0.2) is 0 Å². The van der Waals surface area contributed by atoms with Gasteiger partial charge in [0.1, 0.15) is 0 Å². The SMILES string of the molecule is COC1CCCC(N(CCO)CC(F)F)C1. The van der Waals surface area contributed by atoms with Crippen LogP contribution in [0.4, 0.5) is 8.78 Å². The lowest BCUT2D eigenvalue weighted by molar-refractivity contribution is 0.000638. The fraction of sp³-hybridized carbons (Fsp3) is 1.00. The van der Waals surface area contributed by atoms with Crippen molar-refractivity contribution in [2.75, 3.05) is 26.8 Å². The van der Waals surface area contributed by atoms with Crippen LogP contribution >= 0.6 is 0 Å². The average molecular weight is 237 g/mol. The molecule has 2 unspecified atom stereocenters. The van der Waals surface area contributed by atoms with Gasteiger partial charge in [-0.2, -0.15) is 0 Å². The van der Waals surface area contributed by atoms with Crippen LogP contribution < -0.4 is 0 Å². The highest BCUT2D eigenvalue weighted by Crippen LogP contribution is 2.25. The molecule has 1 aliphatic rings. The maximum absolute atomic E-state index is 12.4. The first-order chi connectivity index (χ1) is 7.67. The Balaban J connectivity index is 2.48. The molecule has 1 fully saturated rings. The molecular formula is C11H21F2NO2. The molecule has 0 aromatic heterocycles. The van der Waals surface area contributed by atoms with Crippen molar-refractivity contribution in [1.29, 1.82) is 0 Å². The number of aliphatic hydroxyl groups excluding tert-OH is 1. The van der Waals surface area contributed by atoms with Crippen LogP contribution in [0.2, 0.25) is 0 Å². The third-order valence-electron chi connectivity index (χ3n) is 3.21. The maximum Gasteiger partial charge on any atom is 0.251 e. The lowest BCUT2D eigenvalue weighted by Crippen LogP contribution is -2.44. The summed E-state index contributed by atoms with van der Waals surface area (Å²) < 4.78 is 30.1. The molecule has 0 aromatic carbocycles. The van der Waals surface area contributed by atoms with Gasteiger partial charge in [0, 0.05) is 19.7 Å². The summed E-state index contributed by atoms with van der Waals surface area (Å²) in [7, 11) is 1.66. The second-order valence-electron chi connectivity index (χ2n) is 4.29. The normalized spacial score (nSPS) is 26.6. The number of ether oxygens (including phenoxy) is 1. The predicted octanol–water partition coefficient (Wildman–Crippen LogP) is 1.50. The van der Waals surface area contributed by atoms with Crippen LogP contribution in [0.5, 0.6) is 0 Å². The summed E-state index contributed by atoms with van der Waals surface area (Å²) >= 11 is 0. The molecule has 0 aromatic rings. The van der Waals surface area contributed by atoms with E-state index in [1.165, 1.54) is 0 Å². The van der Waals surface area contributed by atoms with Crippen molar-refractivity contribution in [3.05, 3.63) is 0 Å². The van der Waals surface area contributed by atoms with E-state index in [1.54, 1.807) is 12.0 Å². The van der Waals surface area contributed by atoms with E-state index in [1.807, 2.05) is 0 Å². The van der Waals surface area contributed by atoms with Gasteiger partial charge in [-0.25, -0.2) is 8.78 Å². The van der Waals surface area contributed by atoms with E-state index in [0.717, 1.165) is 25.7 Å². The summed E-state index contributed by atoms with van der Waals surface area (Å²) in [5.74, 6) is 0. The zero-order chi connectivity index (χ0) is 12.0. The highest BCUT2D eigenvalue weighted by Gasteiger charge is 2.27. The molecule has 1 aliphatic carbocycles. The third-order valence-corrected chi connectivity index (χ3v) is 3.21.